The molecule has 1 spiro atoms. The minimum absolute atomic E-state index is 0.0122. The predicted octanol–water partition coefficient (Wildman–Crippen LogP) is 2.67. The molecule has 1 atom stereocenters. The Bertz CT molecular complexity index is 1160. The molecule has 2 aliphatic carbocycles. The van der Waals surface area contributed by atoms with Gasteiger partial charge >= 0.3 is 0 Å². The molecule has 2 fully saturated rings. The fourth-order valence-corrected chi connectivity index (χ4v) is 4.42. The smallest absolute Gasteiger partial charge is 0.266 e. The van der Waals surface area contributed by atoms with Gasteiger partial charge < -0.3 is 4.74 Å². The van der Waals surface area contributed by atoms with Crippen molar-refractivity contribution in [1.82, 2.24) is 9.80 Å². The van der Waals surface area contributed by atoms with E-state index in [1.165, 1.54) is 17.0 Å². The van der Waals surface area contributed by atoms with Gasteiger partial charge in [-0.15, -0.1) is 6.42 Å². The van der Waals surface area contributed by atoms with Crippen LogP contribution in [0, 0.1) is 18.2 Å². The van der Waals surface area contributed by atoms with Gasteiger partial charge in [0.15, 0.2) is 0 Å². The van der Waals surface area contributed by atoms with Crippen LogP contribution in [0.15, 0.2) is 41.5 Å². The Labute approximate surface area is 170 Å². The van der Waals surface area contributed by atoms with E-state index in [0.717, 1.165) is 12.1 Å². The van der Waals surface area contributed by atoms with Crippen molar-refractivity contribution in [2.24, 2.45) is 0 Å². The largest absolute Gasteiger partial charge is 0.352 e. The molecule has 8 heteroatoms. The minimum Gasteiger partial charge on any atom is -0.352 e. The van der Waals surface area contributed by atoms with E-state index in [9.17, 15) is 18.8 Å². The third-order valence-electron chi connectivity index (χ3n) is 5.98. The SMILES string of the molecule is C#CCN1C(=O)C2(CC2)OC2(C)CC(F)=C(N3C(=O)c4ccc(F)cc4C3=O)C=C12. The third kappa shape index (κ3) is 2.36. The number of benzene rings is 1. The number of imide groups is 1. The zero-order valence-electron chi connectivity index (χ0n) is 16.0. The number of halogens is 2. The van der Waals surface area contributed by atoms with Crippen molar-refractivity contribution < 1.29 is 27.9 Å². The summed E-state index contributed by atoms with van der Waals surface area (Å²) in [6.07, 6.45) is 7.49. The lowest BCUT2D eigenvalue weighted by Crippen LogP contribution is -2.58. The van der Waals surface area contributed by atoms with Crippen LogP contribution in [0.1, 0.15) is 46.9 Å². The van der Waals surface area contributed by atoms with E-state index >= 15 is 4.39 Å². The summed E-state index contributed by atoms with van der Waals surface area (Å²) in [5, 5.41) is 0. The van der Waals surface area contributed by atoms with Crippen LogP contribution in [-0.4, -0.2) is 45.3 Å². The second kappa shape index (κ2) is 5.86. The van der Waals surface area contributed by atoms with Gasteiger partial charge in [0, 0.05) is 6.42 Å². The molecule has 0 N–H and O–H groups in total. The van der Waals surface area contributed by atoms with E-state index in [2.05, 4.69) is 5.92 Å². The molecule has 4 aliphatic rings. The van der Waals surface area contributed by atoms with Crippen LogP contribution in [0.3, 0.4) is 0 Å². The number of hydrogen-bond acceptors (Lipinski definition) is 4. The summed E-state index contributed by atoms with van der Waals surface area (Å²) in [4.78, 5) is 40.5. The second-order valence-corrected chi connectivity index (χ2v) is 8.05. The fourth-order valence-electron chi connectivity index (χ4n) is 4.42. The molecule has 1 saturated heterocycles. The summed E-state index contributed by atoms with van der Waals surface area (Å²) >= 11 is 0. The number of nitrogens with zero attached hydrogens (tertiary/aromatic N) is 2. The fraction of sp³-hybridized carbons (Fsp3) is 0.318. The highest BCUT2D eigenvalue weighted by molar-refractivity contribution is 6.22. The molecule has 0 bridgehead atoms. The Kier molecular flexibility index (Phi) is 3.65. The van der Waals surface area contributed by atoms with E-state index in [0.29, 0.717) is 23.4 Å². The quantitative estimate of drug-likeness (QED) is 0.556. The first-order valence-corrected chi connectivity index (χ1v) is 9.45. The van der Waals surface area contributed by atoms with Gasteiger partial charge in [0.05, 0.1) is 29.1 Å². The normalized spacial score (nSPS) is 26.6. The van der Waals surface area contributed by atoms with Gasteiger partial charge in [-0.3, -0.25) is 19.3 Å². The van der Waals surface area contributed by atoms with Crippen LogP contribution in [-0.2, 0) is 9.53 Å². The van der Waals surface area contributed by atoms with E-state index in [1.54, 1.807) is 6.92 Å². The monoisotopic (exact) mass is 410 g/mol. The first-order chi connectivity index (χ1) is 14.2. The summed E-state index contributed by atoms with van der Waals surface area (Å²) in [5.41, 5.74) is -2.31. The summed E-state index contributed by atoms with van der Waals surface area (Å²) in [7, 11) is 0. The van der Waals surface area contributed by atoms with Crippen molar-refractivity contribution >= 4 is 17.7 Å². The molecule has 30 heavy (non-hydrogen) atoms. The Balaban J connectivity index is 1.60. The molecule has 1 aromatic carbocycles. The van der Waals surface area contributed by atoms with Crippen molar-refractivity contribution in [2.45, 2.75) is 37.4 Å². The zero-order chi connectivity index (χ0) is 21.4. The van der Waals surface area contributed by atoms with E-state index in [-0.39, 0.29) is 35.7 Å². The molecule has 2 heterocycles. The Hall–Kier alpha value is -3.31. The van der Waals surface area contributed by atoms with E-state index in [4.69, 9.17) is 11.2 Å². The minimum atomic E-state index is -1.17. The van der Waals surface area contributed by atoms with Crippen molar-refractivity contribution in [3.63, 3.8) is 0 Å². The molecule has 1 aromatic rings. The molecule has 152 valence electrons. The van der Waals surface area contributed by atoms with E-state index < -0.39 is 34.7 Å². The van der Waals surface area contributed by atoms with Crippen LogP contribution in [0.4, 0.5) is 8.78 Å². The standard InChI is InChI=1S/C22H16F2N2O4/c1-3-8-25-17-10-16(15(24)11-21(17,2)30-22(6-7-22)20(25)29)26-18(27)13-5-4-12(23)9-14(13)19(26)28/h1,4-5,9-10H,6-8,11H2,2H3. The molecule has 2 aliphatic heterocycles. The molecule has 0 radical (unpaired) electrons. The van der Waals surface area contributed by atoms with Gasteiger partial charge in [-0.1, -0.05) is 5.92 Å². The number of carbonyl (C=O) groups excluding carboxylic acids is 3. The molecule has 1 unspecified atom stereocenters. The summed E-state index contributed by atoms with van der Waals surface area (Å²) in [6, 6.07) is 3.20. The van der Waals surface area contributed by atoms with Gasteiger partial charge in [0.25, 0.3) is 17.7 Å². The van der Waals surface area contributed by atoms with Crippen molar-refractivity contribution in [3.05, 3.63) is 58.4 Å². The number of rotatable bonds is 2. The number of hydrogen-bond donors (Lipinski definition) is 0. The van der Waals surface area contributed by atoms with Crippen molar-refractivity contribution in [3.8, 4) is 12.3 Å². The Morgan fingerprint density at radius 3 is 2.53 bits per heavy atom. The van der Waals surface area contributed by atoms with Gasteiger partial charge in [-0.2, -0.15) is 0 Å². The lowest BCUT2D eigenvalue weighted by Gasteiger charge is -2.47. The highest BCUT2D eigenvalue weighted by atomic mass is 19.1. The van der Waals surface area contributed by atoms with Crippen molar-refractivity contribution in [1.29, 1.82) is 0 Å². The number of allylic oxidation sites excluding steroid dienone is 1. The number of carbonyl (C=O) groups is 3. The Morgan fingerprint density at radius 2 is 1.87 bits per heavy atom. The van der Waals surface area contributed by atoms with E-state index in [1.807, 2.05) is 0 Å². The van der Waals surface area contributed by atoms with Crippen LogP contribution < -0.4 is 0 Å². The number of fused-ring (bicyclic) bond motifs is 2. The average Bonchev–Trinajstić information content (AvgIpc) is 3.41. The zero-order valence-corrected chi connectivity index (χ0v) is 16.0. The lowest BCUT2D eigenvalue weighted by molar-refractivity contribution is -0.174. The summed E-state index contributed by atoms with van der Waals surface area (Å²) in [6.45, 7) is 1.61. The molecular weight excluding hydrogens is 394 g/mol. The van der Waals surface area contributed by atoms with Crippen LogP contribution in [0.5, 0.6) is 0 Å². The number of ether oxygens (including phenoxy) is 1. The third-order valence-corrected chi connectivity index (χ3v) is 5.98. The molecular formula is C22H16F2N2O4. The summed E-state index contributed by atoms with van der Waals surface area (Å²) in [5.74, 6) is -0.883. The van der Waals surface area contributed by atoms with Gasteiger partial charge in [0.1, 0.15) is 22.8 Å². The highest BCUT2D eigenvalue weighted by Gasteiger charge is 2.63. The average molecular weight is 410 g/mol. The van der Waals surface area contributed by atoms with Crippen molar-refractivity contribution in [2.75, 3.05) is 6.54 Å². The van der Waals surface area contributed by atoms with Crippen LogP contribution in [0.25, 0.3) is 0 Å². The maximum Gasteiger partial charge on any atom is 0.266 e. The second-order valence-electron chi connectivity index (χ2n) is 8.05. The molecule has 0 aromatic heterocycles. The maximum absolute atomic E-state index is 15.2. The lowest BCUT2D eigenvalue weighted by atomic mass is 9.87. The summed E-state index contributed by atoms with van der Waals surface area (Å²) < 4.78 is 34.9. The molecule has 6 nitrogen and oxygen atoms in total. The first-order valence-electron chi connectivity index (χ1n) is 9.45. The molecule has 1 saturated carbocycles. The van der Waals surface area contributed by atoms with Gasteiger partial charge in [-0.05, 0) is 44.0 Å². The van der Waals surface area contributed by atoms with Gasteiger partial charge in [0.2, 0.25) is 0 Å². The van der Waals surface area contributed by atoms with Gasteiger partial charge in [-0.25, -0.2) is 13.7 Å². The van der Waals surface area contributed by atoms with Crippen LogP contribution in [0.2, 0.25) is 0 Å². The molecule has 3 amide bonds. The van der Waals surface area contributed by atoms with Crippen LogP contribution >= 0.6 is 0 Å². The Morgan fingerprint density at radius 1 is 1.17 bits per heavy atom. The predicted molar refractivity (Wildman–Crippen MR) is 99.7 cm³/mol. The topological polar surface area (TPSA) is 66.9 Å². The molecule has 5 rings (SSSR count). The number of morpholine rings is 1. The number of terminal acetylenes is 1. The number of amides is 3. The first kappa shape index (κ1) is 18.7. The highest BCUT2D eigenvalue weighted by Crippen LogP contribution is 2.54. The maximum atomic E-state index is 15.2.